The molecule has 0 aliphatic carbocycles. The molecule has 3 heterocycles. The SMILES string of the molecule is COc1cc(OC)cc(C(=O)NCC2Cc3c(sc(NC4CCCCO4)c3C(=O)O)CO2)c1. The van der Waals surface area contributed by atoms with Crippen LogP contribution in [0.4, 0.5) is 5.00 Å². The molecule has 1 saturated heterocycles. The smallest absolute Gasteiger partial charge is 0.338 e. The Morgan fingerprint density at radius 1 is 1.15 bits per heavy atom. The topological polar surface area (TPSA) is 115 Å². The van der Waals surface area contributed by atoms with Gasteiger partial charge >= 0.3 is 5.97 Å². The fraction of sp³-hybridized carbons (Fsp3) is 0.478. The number of thiophene rings is 1. The third kappa shape index (κ3) is 5.40. The van der Waals surface area contributed by atoms with Crippen molar-refractivity contribution in [3.8, 4) is 11.5 Å². The largest absolute Gasteiger partial charge is 0.497 e. The van der Waals surface area contributed by atoms with Gasteiger partial charge < -0.3 is 34.7 Å². The number of carbonyl (C=O) groups excluding carboxylic acids is 1. The predicted octanol–water partition coefficient (Wildman–Crippen LogP) is 3.27. The molecule has 10 heteroatoms. The van der Waals surface area contributed by atoms with Crippen LogP contribution < -0.4 is 20.1 Å². The zero-order valence-corrected chi connectivity index (χ0v) is 19.5. The molecular weight excluding hydrogens is 448 g/mol. The van der Waals surface area contributed by atoms with Crippen molar-refractivity contribution < 1.29 is 33.6 Å². The molecule has 0 saturated carbocycles. The quantitative estimate of drug-likeness (QED) is 0.532. The monoisotopic (exact) mass is 476 g/mol. The van der Waals surface area contributed by atoms with Crippen molar-refractivity contribution >= 4 is 28.2 Å². The fourth-order valence-electron chi connectivity index (χ4n) is 4.03. The van der Waals surface area contributed by atoms with Crippen molar-refractivity contribution in [2.75, 3.05) is 32.7 Å². The van der Waals surface area contributed by atoms with E-state index in [-0.39, 0.29) is 30.3 Å². The first-order valence-corrected chi connectivity index (χ1v) is 11.7. The Labute approximate surface area is 196 Å². The molecule has 33 heavy (non-hydrogen) atoms. The number of carbonyl (C=O) groups is 2. The summed E-state index contributed by atoms with van der Waals surface area (Å²) in [5.41, 5.74) is 1.45. The van der Waals surface area contributed by atoms with E-state index in [9.17, 15) is 14.7 Å². The van der Waals surface area contributed by atoms with E-state index in [1.54, 1.807) is 18.2 Å². The van der Waals surface area contributed by atoms with Crippen molar-refractivity contribution in [2.24, 2.45) is 0 Å². The lowest BCUT2D eigenvalue weighted by atomic mass is 10.0. The highest BCUT2D eigenvalue weighted by molar-refractivity contribution is 7.16. The van der Waals surface area contributed by atoms with Crippen molar-refractivity contribution in [1.82, 2.24) is 5.32 Å². The van der Waals surface area contributed by atoms with Crippen LogP contribution in [0.2, 0.25) is 0 Å². The van der Waals surface area contributed by atoms with E-state index >= 15 is 0 Å². The van der Waals surface area contributed by atoms with Gasteiger partial charge in [0, 0.05) is 36.1 Å². The number of carboxylic acid groups (broad SMARTS) is 1. The zero-order chi connectivity index (χ0) is 23.4. The average molecular weight is 477 g/mol. The fourth-order valence-corrected chi connectivity index (χ4v) is 5.22. The third-order valence-corrected chi connectivity index (χ3v) is 6.90. The number of amides is 1. The lowest BCUT2D eigenvalue weighted by molar-refractivity contribution is 0.0300. The second-order valence-electron chi connectivity index (χ2n) is 7.96. The first-order chi connectivity index (χ1) is 16.0. The van der Waals surface area contributed by atoms with E-state index < -0.39 is 5.97 Å². The standard InChI is InChI=1S/C23H28N2O7S/c1-29-14-7-13(8-15(9-14)30-2)21(26)24-11-16-10-17-18(12-32-16)33-22(20(17)23(27)28)25-19-5-3-4-6-31-19/h7-9,16,19,25H,3-6,10-12H2,1-2H3,(H,24,26)(H,27,28). The van der Waals surface area contributed by atoms with Crippen LogP contribution in [0.15, 0.2) is 18.2 Å². The summed E-state index contributed by atoms with van der Waals surface area (Å²) in [4.78, 5) is 25.6. The lowest BCUT2D eigenvalue weighted by Gasteiger charge is -2.24. The molecule has 4 rings (SSSR count). The average Bonchev–Trinajstić information content (AvgIpc) is 3.19. The van der Waals surface area contributed by atoms with Crippen molar-refractivity contribution in [3.05, 3.63) is 39.8 Å². The number of rotatable bonds is 8. The number of hydrogen-bond acceptors (Lipinski definition) is 8. The predicted molar refractivity (Wildman–Crippen MR) is 123 cm³/mol. The van der Waals surface area contributed by atoms with E-state index in [2.05, 4.69) is 10.6 Å². The van der Waals surface area contributed by atoms with Crippen LogP contribution in [0.5, 0.6) is 11.5 Å². The van der Waals surface area contributed by atoms with Gasteiger partial charge in [0.25, 0.3) is 5.91 Å². The van der Waals surface area contributed by atoms with Crippen molar-refractivity contribution in [1.29, 1.82) is 0 Å². The van der Waals surface area contributed by atoms with Gasteiger partial charge in [0.2, 0.25) is 0 Å². The molecule has 2 aliphatic rings. The minimum atomic E-state index is -0.973. The summed E-state index contributed by atoms with van der Waals surface area (Å²) in [6.45, 7) is 1.23. The number of nitrogens with one attached hydrogen (secondary N) is 2. The second kappa shape index (κ2) is 10.4. The maximum absolute atomic E-state index is 12.7. The number of fused-ring (bicyclic) bond motifs is 1. The van der Waals surface area contributed by atoms with Gasteiger partial charge in [-0.05, 0) is 37.0 Å². The number of anilines is 1. The van der Waals surface area contributed by atoms with Crippen LogP contribution in [-0.2, 0) is 22.5 Å². The van der Waals surface area contributed by atoms with E-state index in [0.29, 0.717) is 41.7 Å². The van der Waals surface area contributed by atoms with Crippen molar-refractivity contribution in [3.63, 3.8) is 0 Å². The van der Waals surface area contributed by atoms with Gasteiger partial charge in [-0.3, -0.25) is 4.79 Å². The number of hydrogen-bond donors (Lipinski definition) is 3. The lowest BCUT2D eigenvalue weighted by Crippen LogP contribution is -2.36. The van der Waals surface area contributed by atoms with Crippen LogP contribution in [0.1, 0.15) is 50.4 Å². The Morgan fingerprint density at radius 3 is 2.55 bits per heavy atom. The molecule has 2 unspecified atom stereocenters. The normalized spacial score (nSPS) is 19.9. The second-order valence-corrected chi connectivity index (χ2v) is 9.07. The van der Waals surface area contributed by atoms with E-state index in [1.165, 1.54) is 25.6 Å². The van der Waals surface area contributed by atoms with Gasteiger partial charge in [-0.25, -0.2) is 4.79 Å². The maximum Gasteiger partial charge on any atom is 0.338 e. The molecule has 1 amide bonds. The minimum absolute atomic E-state index is 0.173. The zero-order valence-electron chi connectivity index (χ0n) is 18.6. The van der Waals surface area contributed by atoms with Crippen LogP contribution in [0, 0.1) is 0 Å². The van der Waals surface area contributed by atoms with E-state index in [0.717, 1.165) is 29.7 Å². The highest BCUT2D eigenvalue weighted by atomic mass is 32.1. The summed E-state index contributed by atoms with van der Waals surface area (Å²) >= 11 is 1.40. The summed E-state index contributed by atoms with van der Waals surface area (Å²) in [5.74, 6) is -0.227. The van der Waals surface area contributed by atoms with Crippen LogP contribution >= 0.6 is 11.3 Å². The molecule has 0 bridgehead atoms. The van der Waals surface area contributed by atoms with Gasteiger partial charge in [0.15, 0.2) is 0 Å². The summed E-state index contributed by atoms with van der Waals surface area (Å²) < 4.78 is 22.1. The Hall–Kier alpha value is -2.82. The molecule has 9 nitrogen and oxygen atoms in total. The van der Waals surface area contributed by atoms with Crippen LogP contribution in [0.25, 0.3) is 0 Å². The number of aromatic carboxylic acids is 1. The Morgan fingerprint density at radius 2 is 1.91 bits per heavy atom. The Balaban J connectivity index is 1.43. The van der Waals surface area contributed by atoms with Gasteiger partial charge in [-0.1, -0.05) is 0 Å². The molecule has 1 aromatic heterocycles. The molecule has 178 valence electrons. The van der Waals surface area contributed by atoms with E-state index in [1.807, 2.05) is 0 Å². The van der Waals surface area contributed by atoms with Gasteiger partial charge in [0.1, 0.15) is 22.7 Å². The number of carboxylic acids is 1. The molecule has 0 spiro atoms. The maximum atomic E-state index is 12.7. The van der Waals surface area contributed by atoms with Crippen molar-refractivity contribution in [2.45, 2.75) is 44.6 Å². The van der Waals surface area contributed by atoms with Gasteiger partial charge in [-0.2, -0.15) is 0 Å². The third-order valence-electron chi connectivity index (χ3n) is 5.76. The summed E-state index contributed by atoms with van der Waals surface area (Å²) in [5, 5.41) is 16.6. The molecule has 2 aromatic rings. The molecular formula is C23H28N2O7S. The van der Waals surface area contributed by atoms with Gasteiger partial charge in [-0.15, -0.1) is 11.3 Å². The first-order valence-electron chi connectivity index (χ1n) is 10.9. The highest BCUT2D eigenvalue weighted by Crippen LogP contribution is 2.38. The molecule has 2 atom stereocenters. The van der Waals surface area contributed by atoms with Gasteiger partial charge in [0.05, 0.1) is 32.5 Å². The number of ether oxygens (including phenoxy) is 4. The molecule has 1 fully saturated rings. The Bertz CT molecular complexity index is 994. The van der Waals surface area contributed by atoms with E-state index in [4.69, 9.17) is 18.9 Å². The number of benzene rings is 1. The summed E-state index contributed by atoms with van der Waals surface area (Å²) in [6, 6.07) is 4.95. The first kappa shape index (κ1) is 23.3. The number of methoxy groups -OCH3 is 2. The summed E-state index contributed by atoms with van der Waals surface area (Å²) in [7, 11) is 3.04. The minimum Gasteiger partial charge on any atom is -0.497 e. The molecule has 0 radical (unpaired) electrons. The Kier molecular flexibility index (Phi) is 7.36. The molecule has 2 aliphatic heterocycles. The van der Waals surface area contributed by atoms with Crippen LogP contribution in [-0.4, -0.2) is 56.7 Å². The molecule has 1 aromatic carbocycles. The van der Waals surface area contributed by atoms with Crippen LogP contribution in [0.3, 0.4) is 0 Å². The molecule has 3 N–H and O–H groups in total. The summed E-state index contributed by atoms with van der Waals surface area (Å²) in [6.07, 6.45) is 2.82. The highest BCUT2D eigenvalue weighted by Gasteiger charge is 2.31.